The van der Waals surface area contributed by atoms with Gasteiger partial charge in [0.1, 0.15) is 22.9 Å². The normalized spacial score (nSPS) is 14.4. The summed E-state index contributed by atoms with van der Waals surface area (Å²) in [5.74, 6) is 2.16. The van der Waals surface area contributed by atoms with E-state index in [0.717, 1.165) is 36.8 Å². The molecule has 1 fully saturated rings. The summed E-state index contributed by atoms with van der Waals surface area (Å²) in [4.78, 5) is 17.9. The zero-order valence-corrected chi connectivity index (χ0v) is 20.6. The number of amides is 1. The van der Waals surface area contributed by atoms with E-state index < -0.39 is 0 Å². The molecule has 0 aliphatic carbocycles. The van der Waals surface area contributed by atoms with Crippen LogP contribution < -0.4 is 4.74 Å². The highest BCUT2D eigenvalue weighted by Crippen LogP contribution is 2.25. The Morgan fingerprint density at radius 1 is 1.00 bits per heavy atom. The lowest BCUT2D eigenvalue weighted by Crippen LogP contribution is -2.49. The van der Waals surface area contributed by atoms with Crippen LogP contribution in [-0.2, 0) is 0 Å². The first kappa shape index (κ1) is 23.6. The highest BCUT2D eigenvalue weighted by molar-refractivity contribution is 5.94. The Labute approximate surface area is 211 Å². The summed E-state index contributed by atoms with van der Waals surface area (Å²) < 4.78 is 12.8. The fourth-order valence-corrected chi connectivity index (χ4v) is 4.34. The second kappa shape index (κ2) is 10.7. The first-order valence-electron chi connectivity index (χ1n) is 12.2. The third-order valence-corrected chi connectivity index (χ3v) is 6.37. The van der Waals surface area contributed by atoms with Gasteiger partial charge in [0.05, 0.1) is 12.8 Å². The number of furan rings is 1. The maximum atomic E-state index is 13.6. The number of rotatable bonds is 7. The lowest BCUT2D eigenvalue weighted by molar-refractivity contribution is 0.0641. The molecule has 1 aliphatic heterocycles. The Morgan fingerprint density at radius 3 is 2.42 bits per heavy atom. The highest BCUT2D eigenvalue weighted by atomic mass is 16.5. The molecule has 7 heteroatoms. The first-order valence-corrected chi connectivity index (χ1v) is 12.2. The van der Waals surface area contributed by atoms with Gasteiger partial charge in [-0.3, -0.25) is 9.69 Å². The van der Waals surface area contributed by atoms with Crippen molar-refractivity contribution in [2.45, 2.75) is 6.92 Å². The third kappa shape index (κ3) is 5.26. The van der Waals surface area contributed by atoms with Gasteiger partial charge in [0.2, 0.25) is 0 Å². The van der Waals surface area contributed by atoms with Gasteiger partial charge in [0.15, 0.2) is 5.76 Å². The maximum absolute atomic E-state index is 13.6. The molecule has 1 saturated heterocycles. The Kier molecular flexibility index (Phi) is 7.00. The highest BCUT2D eigenvalue weighted by Gasteiger charge is 2.26. The molecule has 0 atom stereocenters. The number of benzene rings is 2. The molecule has 2 aromatic heterocycles. The molecule has 184 valence electrons. The number of hydrogen-bond acceptors (Lipinski definition) is 5. The molecular formula is C29H30N4O3. The molecule has 36 heavy (non-hydrogen) atoms. The van der Waals surface area contributed by atoms with E-state index >= 15 is 0 Å². The van der Waals surface area contributed by atoms with Crippen LogP contribution in [0.2, 0.25) is 0 Å². The number of carbonyl (C=O) groups excluding carboxylic acids is 1. The van der Waals surface area contributed by atoms with Gasteiger partial charge in [0, 0.05) is 38.8 Å². The van der Waals surface area contributed by atoms with Crippen LogP contribution in [0, 0.1) is 6.92 Å². The monoisotopic (exact) mass is 482 g/mol. The van der Waals surface area contributed by atoms with Crippen LogP contribution in [-0.4, -0.2) is 65.3 Å². The minimum absolute atomic E-state index is 0.0349. The van der Waals surface area contributed by atoms with Crippen molar-refractivity contribution in [1.29, 1.82) is 0 Å². The number of ether oxygens (including phenoxy) is 1. The molecule has 0 unspecified atom stereocenters. The molecule has 4 aromatic rings. The Balaban J connectivity index is 1.31. The molecule has 7 nitrogen and oxygen atoms in total. The van der Waals surface area contributed by atoms with E-state index in [4.69, 9.17) is 14.3 Å². The number of aromatic nitrogens is 2. The summed E-state index contributed by atoms with van der Waals surface area (Å²) >= 11 is 0. The molecule has 5 rings (SSSR count). The predicted molar refractivity (Wildman–Crippen MR) is 140 cm³/mol. The largest absolute Gasteiger partial charge is 0.497 e. The number of hydrogen-bond donors (Lipinski definition) is 0. The van der Waals surface area contributed by atoms with Crippen molar-refractivity contribution in [2.24, 2.45) is 0 Å². The zero-order chi connectivity index (χ0) is 24.9. The molecule has 1 amide bonds. The standard InChI is InChI=1S/C29H30N4O3/c1-22-10-15-28(36-22)26-21-27(33(30-26)24-11-13-25(35-2)14-12-24)29(34)32-19-17-31(18-20-32)16-6-9-23-7-4-3-5-8-23/h3-15,21H,16-20H2,1-2H3. The number of piperazine rings is 1. The summed E-state index contributed by atoms with van der Waals surface area (Å²) in [6.45, 7) is 5.74. The van der Waals surface area contributed by atoms with Gasteiger partial charge in [-0.1, -0.05) is 42.5 Å². The van der Waals surface area contributed by atoms with Crippen LogP contribution in [0.25, 0.3) is 23.2 Å². The van der Waals surface area contributed by atoms with Crippen LogP contribution in [0.15, 0.2) is 83.3 Å². The fraction of sp³-hybridized carbons (Fsp3) is 0.241. The minimum Gasteiger partial charge on any atom is -0.497 e. The van der Waals surface area contributed by atoms with Gasteiger partial charge in [-0.15, -0.1) is 0 Å². The molecule has 0 bridgehead atoms. The maximum Gasteiger partial charge on any atom is 0.272 e. The van der Waals surface area contributed by atoms with Gasteiger partial charge in [-0.05, 0) is 48.9 Å². The van der Waals surface area contributed by atoms with E-state index in [2.05, 4.69) is 29.2 Å². The SMILES string of the molecule is COc1ccc(-n2nc(-c3ccc(C)o3)cc2C(=O)N2CCN(CC=Cc3ccccc3)CC2)cc1. The Hall–Kier alpha value is -4.10. The third-order valence-electron chi connectivity index (χ3n) is 6.37. The smallest absolute Gasteiger partial charge is 0.272 e. The molecule has 0 spiro atoms. The van der Waals surface area contributed by atoms with Crippen LogP contribution in [0.1, 0.15) is 21.8 Å². The fourth-order valence-electron chi connectivity index (χ4n) is 4.34. The quantitative estimate of drug-likeness (QED) is 0.374. The van der Waals surface area contributed by atoms with Crippen molar-refractivity contribution in [2.75, 3.05) is 39.8 Å². The first-order chi connectivity index (χ1) is 17.6. The summed E-state index contributed by atoms with van der Waals surface area (Å²) in [6.07, 6.45) is 4.33. The second-order valence-electron chi connectivity index (χ2n) is 8.84. The molecule has 0 saturated carbocycles. The lowest BCUT2D eigenvalue weighted by Gasteiger charge is -2.34. The number of nitrogens with zero attached hydrogens (tertiary/aromatic N) is 4. The van der Waals surface area contributed by atoms with Crippen molar-refractivity contribution in [3.63, 3.8) is 0 Å². The topological polar surface area (TPSA) is 63.7 Å². The second-order valence-corrected chi connectivity index (χ2v) is 8.84. The van der Waals surface area contributed by atoms with E-state index in [1.165, 1.54) is 5.56 Å². The average Bonchev–Trinajstić information content (AvgIpc) is 3.56. The van der Waals surface area contributed by atoms with Crippen molar-refractivity contribution in [3.8, 4) is 22.9 Å². The van der Waals surface area contributed by atoms with Crippen molar-refractivity contribution < 1.29 is 13.9 Å². The van der Waals surface area contributed by atoms with Gasteiger partial charge in [-0.25, -0.2) is 4.68 Å². The minimum atomic E-state index is -0.0349. The summed E-state index contributed by atoms with van der Waals surface area (Å²) in [5.41, 5.74) is 3.13. The van der Waals surface area contributed by atoms with E-state index in [9.17, 15) is 4.79 Å². The van der Waals surface area contributed by atoms with E-state index in [-0.39, 0.29) is 5.91 Å². The van der Waals surface area contributed by atoms with Crippen LogP contribution in [0.4, 0.5) is 0 Å². The molecule has 3 heterocycles. The summed E-state index contributed by atoms with van der Waals surface area (Å²) in [6, 6.07) is 23.4. The summed E-state index contributed by atoms with van der Waals surface area (Å²) in [7, 11) is 1.63. The number of methoxy groups -OCH3 is 1. The average molecular weight is 483 g/mol. The Morgan fingerprint density at radius 2 is 1.75 bits per heavy atom. The molecule has 0 N–H and O–H groups in total. The lowest BCUT2D eigenvalue weighted by atomic mass is 10.2. The number of aryl methyl sites for hydroxylation is 1. The van der Waals surface area contributed by atoms with Crippen LogP contribution in [0.5, 0.6) is 5.75 Å². The summed E-state index contributed by atoms with van der Waals surface area (Å²) in [5, 5.41) is 4.73. The molecule has 1 aliphatic rings. The Bertz CT molecular complexity index is 1330. The van der Waals surface area contributed by atoms with Crippen LogP contribution in [0.3, 0.4) is 0 Å². The van der Waals surface area contributed by atoms with Crippen molar-refractivity contribution in [1.82, 2.24) is 19.6 Å². The van der Waals surface area contributed by atoms with Crippen molar-refractivity contribution in [3.05, 3.63) is 95.9 Å². The molecular weight excluding hydrogens is 452 g/mol. The molecule has 2 aromatic carbocycles. The van der Waals surface area contributed by atoms with Gasteiger partial charge >= 0.3 is 0 Å². The van der Waals surface area contributed by atoms with Crippen molar-refractivity contribution >= 4 is 12.0 Å². The van der Waals surface area contributed by atoms with Gasteiger partial charge < -0.3 is 14.1 Å². The molecule has 0 radical (unpaired) electrons. The van der Waals surface area contributed by atoms with E-state index in [1.807, 2.05) is 72.5 Å². The van der Waals surface area contributed by atoms with Gasteiger partial charge in [0.25, 0.3) is 5.91 Å². The zero-order valence-electron chi connectivity index (χ0n) is 20.6. The number of carbonyl (C=O) groups is 1. The predicted octanol–water partition coefficient (Wildman–Crippen LogP) is 4.92. The van der Waals surface area contributed by atoms with E-state index in [1.54, 1.807) is 11.8 Å². The van der Waals surface area contributed by atoms with E-state index in [0.29, 0.717) is 30.2 Å². The van der Waals surface area contributed by atoms with Crippen LogP contribution >= 0.6 is 0 Å². The van der Waals surface area contributed by atoms with Gasteiger partial charge in [-0.2, -0.15) is 5.10 Å².